The van der Waals surface area contributed by atoms with Gasteiger partial charge in [0, 0.05) is 13.1 Å². The van der Waals surface area contributed by atoms with Gasteiger partial charge in [-0.15, -0.1) is 0 Å². The lowest BCUT2D eigenvalue weighted by molar-refractivity contribution is 0.618. The Morgan fingerprint density at radius 2 is 1.80 bits per heavy atom. The van der Waals surface area contributed by atoms with Crippen molar-refractivity contribution in [2.24, 2.45) is 0 Å². The second-order valence-electron chi connectivity index (χ2n) is 4.04. The van der Waals surface area contributed by atoms with Gasteiger partial charge < -0.3 is 4.90 Å². The molecule has 0 aromatic heterocycles. The van der Waals surface area contributed by atoms with E-state index in [1.165, 1.54) is 5.56 Å². The third kappa shape index (κ3) is 2.71. The lowest BCUT2D eigenvalue weighted by atomic mass is 10.0. The summed E-state index contributed by atoms with van der Waals surface area (Å²) in [5, 5.41) is 0. The largest absolute Gasteiger partial charge is 0.370 e. The standard InChI is InChI=1S/C13H20FN/c1-5-15(6-2)13-9-11(10(3)4)7-8-12(13)14/h7-10H,5-6H2,1-4H3. The quantitative estimate of drug-likeness (QED) is 0.729. The van der Waals surface area contributed by atoms with E-state index in [2.05, 4.69) is 13.8 Å². The summed E-state index contributed by atoms with van der Waals surface area (Å²) in [6, 6.07) is 5.41. The SMILES string of the molecule is CCN(CC)c1cc(C(C)C)ccc1F. The number of hydrogen-bond donors (Lipinski definition) is 0. The predicted molar refractivity (Wildman–Crippen MR) is 64.1 cm³/mol. The van der Waals surface area contributed by atoms with Crippen molar-refractivity contribution >= 4 is 5.69 Å². The molecule has 0 bridgehead atoms. The number of anilines is 1. The minimum Gasteiger partial charge on any atom is -0.370 e. The second-order valence-corrected chi connectivity index (χ2v) is 4.04. The molecule has 0 heterocycles. The molecule has 0 N–H and O–H groups in total. The Balaban J connectivity index is 3.09. The predicted octanol–water partition coefficient (Wildman–Crippen LogP) is 3.80. The zero-order valence-corrected chi connectivity index (χ0v) is 10.0. The Kier molecular flexibility index (Phi) is 4.13. The fourth-order valence-corrected chi connectivity index (χ4v) is 1.70. The molecule has 0 aliphatic rings. The van der Waals surface area contributed by atoms with Crippen LogP contribution in [0.4, 0.5) is 10.1 Å². The molecule has 1 rings (SSSR count). The first kappa shape index (κ1) is 12.0. The van der Waals surface area contributed by atoms with Crippen LogP contribution in [0.5, 0.6) is 0 Å². The van der Waals surface area contributed by atoms with E-state index in [1.807, 2.05) is 30.9 Å². The zero-order valence-electron chi connectivity index (χ0n) is 10.0. The van der Waals surface area contributed by atoms with E-state index in [-0.39, 0.29) is 5.82 Å². The van der Waals surface area contributed by atoms with Crippen LogP contribution in [0.15, 0.2) is 18.2 Å². The maximum atomic E-state index is 13.6. The van der Waals surface area contributed by atoms with Gasteiger partial charge in [0.2, 0.25) is 0 Å². The highest BCUT2D eigenvalue weighted by molar-refractivity contribution is 5.50. The molecule has 0 aliphatic heterocycles. The third-order valence-corrected chi connectivity index (χ3v) is 2.74. The second kappa shape index (κ2) is 5.15. The lowest BCUT2D eigenvalue weighted by Crippen LogP contribution is -2.23. The fraction of sp³-hybridized carbons (Fsp3) is 0.538. The molecule has 0 saturated heterocycles. The van der Waals surface area contributed by atoms with E-state index in [9.17, 15) is 4.39 Å². The molecule has 1 aromatic carbocycles. The molecule has 0 fully saturated rings. The van der Waals surface area contributed by atoms with Crippen LogP contribution in [0.2, 0.25) is 0 Å². The van der Waals surface area contributed by atoms with Crippen molar-refractivity contribution in [2.75, 3.05) is 18.0 Å². The molecule has 0 spiro atoms. The molecule has 0 amide bonds. The van der Waals surface area contributed by atoms with Gasteiger partial charge in [0.1, 0.15) is 5.82 Å². The maximum Gasteiger partial charge on any atom is 0.146 e. The van der Waals surface area contributed by atoms with Crippen LogP contribution in [0.1, 0.15) is 39.2 Å². The fourth-order valence-electron chi connectivity index (χ4n) is 1.70. The van der Waals surface area contributed by atoms with Gasteiger partial charge in [0.25, 0.3) is 0 Å². The Hall–Kier alpha value is -1.05. The zero-order chi connectivity index (χ0) is 11.4. The third-order valence-electron chi connectivity index (χ3n) is 2.74. The normalized spacial score (nSPS) is 10.8. The van der Waals surface area contributed by atoms with E-state index in [0.717, 1.165) is 18.8 Å². The van der Waals surface area contributed by atoms with E-state index >= 15 is 0 Å². The summed E-state index contributed by atoms with van der Waals surface area (Å²) < 4.78 is 13.6. The van der Waals surface area contributed by atoms with Crippen LogP contribution < -0.4 is 4.90 Å². The van der Waals surface area contributed by atoms with Gasteiger partial charge in [-0.2, -0.15) is 0 Å². The van der Waals surface area contributed by atoms with Crippen LogP contribution >= 0.6 is 0 Å². The van der Waals surface area contributed by atoms with Gasteiger partial charge in [-0.25, -0.2) is 4.39 Å². The number of benzene rings is 1. The summed E-state index contributed by atoms with van der Waals surface area (Å²) in [6.45, 7) is 10.0. The number of halogens is 1. The Morgan fingerprint density at radius 3 is 2.27 bits per heavy atom. The molecule has 0 unspecified atom stereocenters. The first-order valence-corrected chi connectivity index (χ1v) is 5.64. The van der Waals surface area contributed by atoms with Crippen LogP contribution in [0, 0.1) is 5.82 Å². The van der Waals surface area contributed by atoms with E-state index in [0.29, 0.717) is 5.92 Å². The van der Waals surface area contributed by atoms with Crippen LogP contribution in [0.25, 0.3) is 0 Å². The summed E-state index contributed by atoms with van der Waals surface area (Å²) in [5.41, 5.74) is 1.92. The highest BCUT2D eigenvalue weighted by Crippen LogP contribution is 2.24. The summed E-state index contributed by atoms with van der Waals surface area (Å²) in [5.74, 6) is 0.322. The first-order chi connectivity index (χ1) is 7.10. The highest BCUT2D eigenvalue weighted by atomic mass is 19.1. The van der Waals surface area contributed by atoms with E-state index in [4.69, 9.17) is 0 Å². The molecule has 0 radical (unpaired) electrons. The Bertz CT molecular complexity index is 316. The molecule has 84 valence electrons. The molecular weight excluding hydrogens is 189 g/mol. The van der Waals surface area contributed by atoms with Gasteiger partial charge in [-0.3, -0.25) is 0 Å². The Labute approximate surface area is 91.9 Å². The molecule has 1 nitrogen and oxygen atoms in total. The van der Waals surface area contributed by atoms with E-state index < -0.39 is 0 Å². The summed E-state index contributed by atoms with van der Waals surface area (Å²) in [6.07, 6.45) is 0. The van der Waals surface area contributed by atoms with E-state index in [1.54, 1.807) is 6.07 Å². The monoisotopic (exact) mass is 209 g/mol. The minimum absolute atomic E-state index is 0.122. The van der Waals surface area contributed by atoms with Crippen molar-refractivity contribution in [1.29, 1.82) is 0 Å². The average Bonchev–Trinajstić information content (AvgIpc) is 2.22. The van der Waals surface area contributed by atoms with Crippen LogP contribution in [-0.4, -0.2) is 13.1 Å². The minimum atomic E-state index is -0.122. The maximum absolute atomic E-state index is 13.6. The molecule has 1 aromatic rings. The van der Waals surface area contributed by atoms with Gasteiger partial charge in [-0.1, -0.05) is 19.9 Å². The molecule has 2 heteroatoms. The first-order valence-electron chi connectivity index (χ1n) is 5.64. The summed E-state index contributed by atoms with van der Waals surface area (Å²) in [7, 11) is 0. The summed E-state index contributed by atoms with van der Waals surface area (Å²) in [4.78, 5) is 2.04. The average molecular weight is 209 g/mol. The van der Waals surface area contributed by atoms with Crippen LogP contribution in [-0.2, 0) is 0 Å². The number of rotatable bonds is 4. The van der Waals surface area contributed by atoms with Crippen molar-refractivity contribution in [3.63, 3.8) is 0 Å². The van der Waals surface area contributed by atoms with Gasteiger partial charge in [0.15, 0.2) is 0 Å². The molecule has 0 aliphatic carbocycles. The molecular formula is C13H20FN. The van der Waals surface area contributed by atoms with Crippen molar-refractivity contribution in [3.05, 3.63) is 29.6 Å². The van der Waals surface area contributed by atoms with Gasteiger partial charge >= 0.3 is 0 Å². The van der Waals surface area contributed by atoms with Crippen LogP contribution in [0.3, 0.4) is 0 Å². The highest BCUT2D eigenvalue weighted by Gasteiger charge is 2.10. The van der Waals surface area contributed by atoms with Crippen molar-refractivity contribution in [1.82, 2.24) is 0 Å². The number of hydrogen-bond acceptors (Lipinski definition) is 1. The van der Waals surface area contributed by atoms with Crippen molar-refractivity contribution in [2.45, 2.75) is 33.6 Å². The topological polar surface area (TPSA) is 3.24 Å². The molecule has 0 atom stereocenters. The van der Waals surface area contributed by atoms with Crippen molar-refractivity contribution in [3.8, 4) is 0 Å². The summed E-state index contributed by atoms with van der Waals surface area (Å²) >= 11 is 0. The Morgan fingerprint density at radius 1 is 1.20 bits per heavy atom. The molecule has 15 heavy (non-hydrogen) atoms. The number of nitrogens with zero attached hydrogens (tertiary/aromatic N) is 1. The molecule has 0 saturated carbocycles. The van der Waals surface area contributed by atoms with Gasteiger partial charge in [0.05, 0.1) is 5.69 Å². The van der Waals surface area contributed by atoms with Crippen molar-refractivity contribution < 1.29 is 4.39 Å². The lowest BCUT2D eigenvalue weighted by Gasteiger charge is -2.22. The smallest absolute Gasteiger partial charge is 0.146 e. The van der Waals surface area contributed by atoms with Gasteiger partial charge in [-0.05, 0) is 37.5 Å².